The van der Waals surface area contributed by atoms with Gasteiger partial charge in [-0.25, -0.2) is 0 Å². The third kappa shape index (κ3) is 3.54. The van der Waals surface area contributed by atoms with Crippen LogP contribution in [0, 0.1) is 0 Å². The molecule has 0 aliphatic carbocycles. The zero-order valence-electron chi connectivity index (χ0n) is 12.3. The summed E-state index contributed by atoms with van der Waals surface area (Å²) in [6.45, 7) is 2.41. The molecule has 0 unspecified atom stereocenters. The van der Waals surface area contributed by atoms with E-state index in [0.29, 0.717) is 23.5 Å². The molecule has 0 aromatic heterocycles. The van der Waals surface area contributed by atoms with E-state index in [1.807, 2.05) is 37.3 Å². The fraction of sp³-hybridized carbons (Fsp3) is 0.235. The van der Waals surface area contributed by atoms with Crippen LogP contribution < -0.4 is 15.8 Å². The van der Waals surface area contributed by atoms with E-state index in [2.05, 4.69) is 5.32 Å². The number of nitrogens with two attached hydrogens (primary N) is 1. The Balaban J connectivity index is 2.13. The predicted molar refractivity (Wildman–Crippen MR) is 84.4 cm³/mol. The van der Waals surface area contributed by atoms with Gasteiger partial charge >= 0.3 is 0 Å². The van der Waals surface area contributed by atoms with E-state index >= 15 is 0 Å². The number of rotatable bonds is 5. The quantitative estimate of drug-likeness (QED) is 0.830. The van der Waals surface area contributed by atoms with Gasteiger partial charge in [-0.1, -0.05) is 25.1 Å². The maximum absolute atomic E-state index is 12.3. The van der Waals surface area contributed by atoms with Crippen LogP contribution in [0.3, 0.4) is 0 Å². The Morgan fingerprint density at radius 3 is 2.67 bits per heavy atom. The molecule has 2 rings (SSSR count). The van der Waals surface area contributed by atoms with Crippen LogP contribution in [0.2, 0.25) is 0 Å². The van der Waals surface area contributed by atoms with Gasteiger partial charge in [0.05, 0.1) is 7.11 Å². The van der Waals surface area contributed by atoms with Crippen molar-refractivity contribution in [2.75, 3.05) is 12.8 Å². The summed E-state index contributed by atoms with van der Waals surface area (Å²) in [7, 11) is 1.60. The number of anilines is 1. The Hall–Kier alpha value is -2.49. The molecule has 0 fully saturated rings. The Bertz CT molecular complexity index is 638. The first-order valence-corrected chi connectivity index (χ1v) is 6.94. The maximum Gasteiger partial charge on any atom is 0.251 e. The first-order chi connectivity index (χ1) is 10.2. The van der Waals surface area contributed by atoms with Crippen molar-refractivity contribution < 1.29 is 9.53 Å². The van der Waals surface area contributed by atoms with Gasteiger partial charge in [0.15, 0.2) is 0 Å². The number of amides is 1. The summed E-state index contributed by atoms with van der Waals surface area (Å²) < 4.78 is 5.28. The summed E-state index contributed by atoms with van der Waals surface area (Å²) in [6.07, 6.45) is 0.825. The zero-order valence-corrected chi connectivity index (χ0v) is 12.3. The number of ether oxygens (including phenoxy) is 1. The minimum atomic E-state index is -0.0862. The molecule has 0 saturated heterocycles. The van der Waals surface area contributed by atoms with Gasteiger partial charge in [0.25, 0.3) is 5.91 Å². The Morgan fingerprint density at radius 2 is 1.95 bits per heavy atom. The summed E-state index contributed by atoms with van der Waals surface area (Å²) in [4.78, 5) is 12.3. The molecular weight excluding hydrogens is 264 g/mol. The van der Waals surface area contributed by atoms with Gasteiger partial charge in [-0.2, -0.15) is 0 Å². The summed E-state index contributed by atoms with van der Waals surface area (Å²) >= 11 is 0. The second kappa shape index (κ2) is 6.79. The molecule has 110 valence electrons. The second-order valence-corrected chi connectivity index (χ2v) is 4.76. The maximum atomic E-state index is 12.3. The number of nitrogen functional groups attached to an aromatic ring is 1. The van der Waals surface area contributed by atoms with Crippen LogP contribution in [0.4, 0.5) is 5.69 Å². The monoisotopic (exact) mass is 284 g/mol. The Morgan fingerprint density at radius 1 is 1.19 bits per heavy atom. The van der Waals surface area contributed by atoms with Gasteiger partial charge in [0, 0.05) is 23.4 Å². The van der Waals surface area contributed by atoms with E-state index in [0.717, 1.165) is 17.5 Å². The predicted octanol–water partition coefficient (Wildman–Crippen LogP) is 2.77. The summed E-state index contributed by atoms with van der Waals surface area (Å²) in [5, 5.41) is 2.92. The molecule has 2 aromatic rings. The van der Waals surface area contributed by atoms with Crippen LogP contribution in [0.5, 0.6) is 5.75 Å². The fourth-order valence-electron chi connectivity index (χ4n) is 2.26. The van der Waals surface area contributed by atoms with Gasteiger partial charge in [-0.3, -0.25) is 4.79 Å². The van der Waals surface area contributed by atoms with E-state index in [-0.39, 0.29) is 5.91 Å². The SMILES string of the molecule is CCc1ccccc1C(=O)NCc1cc(N)ccc1OC. The van der Waals surface area contributed by atoms with Crippen LogP contribution >= 0.6 is 0 Å². The van der Waals surface area contributed by atoms with Crippen molar-refractivity contribution in [3.8, 4) is 5.75 Å². The number of carbonyl (C=O) groups is 1. The fourth-order valence-corrected chi connectivity index (χ4v) is 2.26. The third-order valence-electron chi connectivity index (χ3n) is 3.39. The second-order valence-electron chi connectivity index (χ2n) is 4.76. The molecule has 1 amide bonds. The molecule has 3 N–H and O–H groups in total. The molecule has 21 heavy (non-hydrogen) atoms. The largest absolute Gasteiger partial charge is 0.496 e. The topological polar surface area (TPSA) is 64.4 Å². The standard InChI is InChI=1S/C17H20N2O2/c1-3-12-6-4-5-7-15(12)17(20)19-11-13-10-14(18)8-9-16(13)21-2/h4-10H,3,11,18H2,1-2H3,(H,19,20). The average Bonchev–Trinajstić information content (AvgIpc) is 2.52. The van der Waals surface area contributed by atoms with E-state index in [9.17, 15) is 4.79 Å². The summed E-state index contributed by atoms with van der Waals surface area (Å²) in [5.41, 5.74) is 9.03. The minimum absolute atomic E-state index is 0.0862. The number of hydrogen-bond donors (Lipinski definition) is 2. The Labute approximate surface area is 124 Å². The highest BCUT2D eigenvalue weighted by Crippen LogP contribution is 2.21. The first kappa shape index (κ1) is 14.9. The lowest BCUT2D eigenvalue weighted by Gasteiger charge is -2.12. The molecule has 0 aliphatic heterocycles. The highest BCUT2D eigenvalue weighted by molar-refractivity contribution is 5.95. The van der Waals surface area contributed by atoms with E-state index in [4.69, 9.17) is 10.5 Å². The lowest BCUT2D eigenvalue weighted by atomic mass is 10.0. The molecule has 2 aromatic carbocycles. The van der Waals surface area contributed by atoms with Crippen LogP contribution in [-0.4, -0.2) is 13.0 Å². The van der Waals surface area contributed by atoms with Crippen LogP contribution in [0.15, 0.2) is 42.5 Å². The molecule has 0 bridgehead atoms. The summed E-state index contributed by atoms with van der Waals surface area (Å²) in [5.74, 6) is 0.630. The van der Waals surface area contributed by atoms with E-state index < -0.39 is 0 Å². The van der Waals surface area contributed by atoms with Gasteiger partial charge in [0.1, 0.15) is 5.75 Å². The van der Waals surface area contributed by atoms with Crippen molar-refractivity contribution in [2.24, 2.45) is 0 Å². The smallest absolute Gasteiger partial charge is 0.251 e. The van der Waals surface area contributed by atoms with Gasteiger partial charge in [0.2, 0.25) is 0 Å². The summed E-state index contributed by atoms with van der Waals surface area (Å²) in [6, 6.07) is 13.0. The number of aryl methyl sites for hydroxylation is 1. The van der Waals surface area contributed by atoms with Crippen molar-refractivity contribution in [1.29, 1.82) is 0 Å². The molecule has 4 nitrogen and oxygen atoms in total. The third-order valence-corrected chi connectivity index (χ3v) is 3.39. The van der Waals surface area contributed by atoms with Crippen LogP contribution in [0.1, 0.15) is 28.4 Å². The molecule has 4 heteroatoms. The molecular formula is C17H20N2O2. The van der Waals surface area contributed by atoms with Crippen molar-refractivity contribution in [3.05, 3.63) is 59.2 Å². The number of benzene rings is 2. The van der Waals surface area contributed by atoms with Crippen molar-refractivity contribution in [3.63, 3.8) is 0 Å². The van der Waals surface area contributed by atoms with Gasteiger partial charge in [-0.05, 0) is 36.2 Å². The lowest BCUT2D eigenvalue weighted by Crippen LogP contribution is -2.24. The number of nitrogens with one attached hydrogen (secondary N) is 1. The molecule has 0 atom stereocenters. The van der Waals surface area contributed by atoms with Crippen LogP contribution in [-0.2, 0) is 13.0 Å². The van der Waals surface area contributed by atoms with Crippen molar-refractivity contribution >= 4 is 11.6 Å². The molecule has 0 heterocycles. The van der Waals surface area contributed by atoms with Crippen molar-refractivity contribution in [1.82, 2.24) is 5.32 Å². The Kier molecular flexibility index (Phi) is 4.82. The lowest BCUT2D eigenvalue weighted by molar-refractivity contribution is 0.0950. The van der Waals surface area contributed by atoms with E-state index in [1.165, 1.54) is 0 Å². The zero-order chi connectivity index (χ0) is 15.2. The normalized spacial score (nSPS) is 10.2. The van der Waals surface area contributed by atoms with Crippen molar-refractivity contribution in [2.45, 2.75) is 19.9 Å². The van der Waals surface area contributed by atoms with E-state index in [1.54, 1.807) is 19.2 Å². The van der Waals surface area contributed by atoms with Crippen LogP contribution in [0.25, 0.3) is 0 Å². The molecule has 0 spiro atoms. The number of methoxy groups -OCH3 is 1. The van der Waals surface area contributed by atoms with Gasteiger partial charge in [-0.15, -0.1) is 0 Å². The first-order valence-electron chi connectivity index (χ1n) is 6.94. The number of carbonyl (C=O) groups excluding carboxylic acids is 1. The molecule has 0 radical (unpaired) electrons. The minimum Gasteiger partial charge on any atom is -0.496 e. The highest BCUT2D eigenvalue weighted by Gasteiger charge is 2.11. The van der Waals surface area contributed by atoms with Gasteiger partial charge < -0.3 is 15.8 Å². The highest BCUT2D eigenvalue weighted by atomic mass is 16.5. The molecule has 0 saturated carbocycles. The number of hydrogen-bond acceptors (Lipinski definition) is 3. The molecule has 0 aliphatic rings. The average molecular weight is 284 g/mol.